The van der Waals surface area contributed by atoms with E-state index in [-0.39, 0.29) is 90.2 Å². The Morgan fingerprint density at radius 2 is 0.215 bits per heavy atom. The molecule has 17 heteroatoms. The Morgan fingerprint density at radius 1 is 0.107 bits per heavy atom. The van der Waals surface area contributed by atoms with Gasteiger partial charge in [-0.05, 0) is 404 Å². The summed E-state index contributed by atoms with van der Waals surface area (Å²) < 4.78 is 224. The maximum Gasteiger partial charge on any atom is 0.243 e. The number of rotatable bonds is 18. The summed E-state index contributed by atoms with van der Waals surface area (Å²) in [6, 6.07) is 87.0. The van der Waals surface area contributed by atoms with E-state index < -0.39 is 111 Å². The predicted octanol–water partition coefficient (Wildman–Crippen LogP) is 33.9. The third-order valence-electron chi connectivity index (χ3n) is 32.5. The molecule has 0 N–H and O–H groups in total. The van der Waals surface area contributed by atoms with Crippen LogP contribution in [-0.2, 0) is 0 Å². The molecule has 18 aromatic rings. The lowest BCUT2D eigenvalue weighted by atomic mass is 9.32. The van der Waals surface area contributed by atoms with Gasteiger partial charge in [0, 0.05) is 0 Å². The highest BCUT2D eigenvalue weighted by Crippen LogP contribution is 2.48. The molecule has 149 heavy (non-hydrogen) atoms. The molecule has 0 radical (unpaired) electrons. The van der Waals surface area contributed by atoms with Crippen molar-refractivity contribution >= 4 is 46.2 Å². The summed E-state index contributed by atoms with van der Waals surface area (Å²) in [6.07, 6.45) is 0. The minimum Gasteiger partial charge on any atom is -0.203 e. The summed E-state index contributed by atoms with van der Waals surface area (Å²) >= 11 is 0. The van der Waals surface area contributed by atoms with Gasteiger partial charge in [0.25, 0.3) is 0 Å². The van der Waals surface area contributed by atoms with Crippen LogP contribution in [0.2, 0.25) is 0 Å². The zero-order valence-electron chi connectivity index (χ0n) is 87.8. The second-order valence-electron chi connectivity index (χ2n) is 40.0. The van der Waals surface area contributed by atoms with Crippen LogP contribution in [0.25, 0.3) is 134 Å². The van der Waals surface area contributed by atoms with Crippen molar-refractivity contribution in [1.82, 2.24) is 0 Å². The summed E-state index contributed by atoms with van der Waals surface area (Å²) in [4.78, 5) is 0. The molecule has 750 valence electrons. The number of benzene rings is 18. The highest BCUT2D eigenvalue weighted by Gasteiger charge is 2.43. The first-order valence-corrected chi connectivity index (χ1v) is 49.7. The SMILES string of the molecule is Cc1c(C)c(-c2c(F)c(F)c(F)c(F)c2F)c(C)c(C)c1B(c1c(C)c(C)c(-c2c(F)c(F)c(F)c(F)c2F)c(C)c1C)c1c(C)c(C)c(-c2c(F)c(F)c(F)c(F)c2F)c(C)c1C.Cc1c(C)c(-c2cc(-c3ccccc3)cc(-c3ccccc3)c2)c(C)c(C)c1B(c1c(C)c(C)c(-c2cc(-c3ccccc3)cc(-c3ccccc3)c2)c(C)c1C)c1c(C)c(C)c(-c2cc(-c3ccccc3)cc(-c3ccccc3)c2)c(C)c1C. The van der Waals surface area contributed by atoms with Gasteiger partial charge in [0.2, 0.25) is 30.9 Å². The quantitative estimate of drug-likeness (QED) is 0.0348. The first kappa shape index (κ1) is 105. The van der Waals surface area contributed by atoms with Crippen molar-refractivity contribution in [2.24, 2.45) is 0 Å². The zero-order chi connectivity index (χ0) is 108. The molecule has 0 unspecified atom stereocenters. The van der Waals surface area contributed by atoms with Gasteiger partial charge >= 0.3 is 0 Å². The molecule has 0 heterocycles. The van der Waals surface area contributed by atoms with E-state index in [0.29, 0.717) is 16.4 Å². The van der Waals surface area contributed by atoms with E-state index in [4.69, 9.17) is 0 Å². The molecule has 18 aromatic carbocycles. The minimum absolute atomic E-state index is 0.0369. The Hall–Kier alpha value is -15.0. The van der Waals surface area contributed by atoms with Crippen LogP contribution < -0.4 is 32.8 Å². The molecule has 0 amide bonds. The zero-order valence-corrected chi connectivity index (χ0v) is 87.8. The van der Waals surface area contributed by atoms with Gasteiger partial charge in [-0.1, -0.05) is 282 Å². The lowest BCUT2D eigenvalue weighted by Crippen LogP contribution is -2.58. The van der Waals surface area contributed by atoms with Crippen molar-refractivity contribution in [3.05, 3.63) is 457 Å². The monoisotopic (exact) mass is 2000 g/mol. The molecule has 18 rings (SSSR count). The molecule has 0 aliphatic carbocycles. The van der Waals surface area contributed by atoms with E-state index in [1.54, 1.807) is 0 Å². The van der Waals surface area contributed by atoms with Crippen LogP contribution in [0, 0.1) is 253 Å². The van der Waals surface area contributed by atoms with Crippen molar-refractivity contribution < 1.29 is 65.9 Å². The van der Waals surface area contributed by atoms with E-state index in [1.165, 1.54) is 266 Å². The Bertz CT molecular complexity index is 7320. The second kappa shape index (κ2) is 41.3. The third kappa shape index (κ3) is 17.9. The fraction of sp³-hybridized carbons (Fsp3) is 0.182. The Morgan fingerprint density at radius 3 is 0.342 bits per heavy atom. The lowest BCUT2D eigenvalue weighted by Gasteiger charge is -2.33. The summed E-state index contributed by atoms with van der Waals surface area (Å²) in [7, 11) is 0. The fourth-order valence-corrected chi connectivity index (χ4v) is 23.5. The van der Waals surface area contributed by atoms with Gasteiger partial charge in [-0.3, -0.25) is 0 Å². The van der Waals surface area contributed by atoms with Crippen molar-refractivity contribution in [1.29, 1.82) is 0 Å². The first-order valence-electron chi connectivity index (χ1n) is 49.7. The molecular formula is C132H111B2F15. The van der Waals surface area contributed by atoms with Gasteiger partial charge in [0.15, 0.2) is 69.8 Å². The maximum atomic E-state index is 15.5. The molecular weight excluding hydrogens is 1890 g/mol. The first-order chi connectivity index (χ1) is 70.8. The predicted molar refractivity (Wildman–Crippen MR) is 586 cm³/mol. The summed E-state index contributed by atoms with van der Waals surface area (Å²) in [5, 5.41) is 0. The number of hydrogen-bond acceptors (Lipinski definition) is 0. The number of halogens is 15. The Balaban J connectivity index is 0.000000212. The van der Waals surface area contributed by atoms with E-state index in [9.17, 15) is 39.5 Å². The molecule has 0 atom stereocenters. The highest BCUT2D eigenvalue weighted by atomic mass is 19.2. The third-order valence-corrected chi connectivity index (χ3v) is 32.5. The molecule has 0 nitrogen and oxygen atoms in total. The average molecular weight is 2000 g/mol. The van der Waals surface area contributed by atoms with Crippen molar-refractivity contribution in [2.75, 3.05) is 0 Å². The largest absolute Gasteiger partial charge is 0.243 e. The number of hydrogen-bond donors (Lipinski definition) is 0. The smallest absolute Gasteiger partial charge is 0.203 e. The highest BCUT2D eigenvalue weighted by molar-refractivity contribution is 6.98. The van der Waals surface area contributed by atoms with Crippen molar-refractivity contribution in [2.45, 2.75) is 166 Å². The van der Waals surface area contributed by atoms with Crippen LogP contribution >= 0.6 is 0 Å². The lowest BCUT2D eigenvalue weighted by molar-refractivity contribution is 0.381. The van der Waals surface area contributed by atoms with E-state index in [0.717, 1.165) is 0 Å². The van der Waals surface area contributed by atoms with Gasteiger partial charge in [-0.25, -0.2) is 65.9 Å². The van der Waals surface area contributed by atoms with Gasteiger partial charge in [0.05, 0.1) is 16.7 Å². The molecule has 0 saturated carbocycles. The standard InChI is InChI=1S/C84H75B.C48H36BF15/c1-52-58(7)82(59(8)53(2)79(52)76-46-70(64-31-19-13-20-32-64)43-71(47-76)65-33-21-14-22-34-65)85(83-60(9)54(3)80(55(4)61(83)10)77-48-72(66-35-23-15-24-36-66)44-73(49-77)67-37-25-16-26-38-67)84-62(11)56(5)81(57(6)63(84)12)78-50-74(68-39-27-17-28-40-68)45-75(51-78)69-41-29-18-30-42-69;1-13-19(7)31(20(8)14(2)25(13)28-34(50)40(56)46(62)41(57)35(28)51)49(32-21(9)15(3)26(16(4)22(32)10)29-36(52)42(58)47(63)43(59)37(29)53)33-23(11)17(5)27(18(6)24(33)12)30-38(54)44(60)48(64)45(61)39(30)55/h13-51H,1-12H3;1-12H3. The van der Waals surface area contributed by atoms with Gasteiger partial charge in [0.1, 0.15) is 0 Å². The summed E-state index contributed by atoms with van der Waals surface area (Å²) in [5.74, 6) is -32.9. The summed E-state index contributed by atoms with van der Waals surface area (Å²) in [6.45, 7) is 44.9. The minimum atomic E-state index is -2.38. The fourth-order valence-electron chi connectivity index (χ4n) is 23.5. The van der Waals surface area contributed by atoms with Gasteiger partial charge in [-0.15, -0.1) is 0 Å². The molecule has 0 spiro atoms. The molecule has 0 aliphatic heterocycles. The van der Waals surface area contributed by atoms with Crippen molar-refractivity contribution in [3.63, 3.8) is 0 Å². The molecule has 0 fully saturated rings. The summed E-state index contributed by atoms with van der Waals surface area (Å²) in [5.41, 5.74) is 40.5. The molecule has 0 saturated heterocycles. The van der Waals surface area contributed by atoms with Gasteiger partial charge in [-0.2, -0.15) is 0 Å². The van der Waals surface area contributed by atoms with Crippen LogP contribution in [0.5, 0.6) is 0 Å². The molecule has 0 aromatic heterocycles. The van der Waals surface area contributed by atoms with E-state index >= 15 is 26.3 Å². The maximum absolute atomic E-state index is 15.5. The van der Waals surface area contributed by atoms with E-state index in [2.05, 4.69) is 320 Å². The average Bonchev–Trinajstić information content (AvgIpc) is 0.713. The normalized spacial score (nSPS) is 11.5. The Labute approximate surface area is 863 Å². The van der Waals surface area contributed by atoms with Crippen LogP contribution in [0.1, 0.15) is 134 Å². The molecule has 0 bridgehead atoms. The van der Waals surface area contributed by atoms with Crippen LogP contribution in [0.4, 0.5) is 65.9 Å². The van der Waals surface area contributed by atoms with Crippen molar-refractivity contribution in [3.8, 4) is 134 Å². The van der Waals surface area contributed by atoms with Crippen LogP contribution in [0.15, 0.2) is 237 Å². The van der Waals surface area contributed by atoms with Crippen LogP contribution in [0.3, 0.4) is 0 Å². The Kier molecular flexibility index (Phi) is 29.2. The second-order valence-corrected chi connectivity index (χ2v) is 40.0. The van der Waals surface area contributed by atoms with E-state index in [1.807, 2.05) is 0 Å². The molecule has 0 aliphatic rings. The van der Waals surface area contributed by atoms with Gasteiger partial charge < -0.3 is 0 Å². The topological polar surface area (TPSA) is 0 Å². The van der Waals surface area contributed by atoms with Crippen LogP contribution in [-0.4, -0.2) is 13.4 Å².